The lowest BCUT2D eigenvalue weighted by Gasteiger charge is -2.23. The molecule has 0 aliphatic heterocycles. The molecular formula is C23H19ClN4O. The SMILES string of the molecule is O=C(Cc1cccnc1)N(Cc1cccc(Cl)c1)c1ccc(-c2c[nH]cn2)cc1. The van der Waals surface area contributed by atoms with Crippen molar-refractivity contribution >= 4 is 23.2 Å². The molecule has 4 aromatic rings. The molecule has 1 amide bonds. The van der Waals surface area contributed by atoms with Gasteiger partial charge in [0.05, 0.1) is 25.0 Å². The van der Waals surface area contributed by atoms with Crippen molar-refractivity contribution in [3.8, 4) is 11.3 Å². The number of hydrogen-bond donors (Lipinski definition) is 1. The van der Waals surface area contributed by atoms with E-state index in [-0.39, 0.29) is 12.3 Å². The number of amides is 1. The first-order valence-electron chi connectivity index (χ1n) is 9.22. The molecule has 0 spiro atoms. The molecule has 0 unspecified atom stereocenters. The molecule has 29 heavy (non-hydrogen) atoms. The Labute approximate surface area is 174 Å². The summed E-state index contributed by atoms with van der Waals surface area (Å²) < 4.78 is 0. The monoisotopic (exact) mass is 402 g/mol. The largest absolute Gasteiger partial charge is 0.351 e. The lowest BCUT2D eigenvalue weighted by molar-refractivity contribution is -0.118. The van der Waals surface area contributed by atoms with Gasteiger partial charge in [0.1, 0.15) is 0 Å². The topological polar surface area (TPSA) is 61.9 Å². The number of nitrogens with zero attached hydrogens (tertiary/aromatic N) is 3. The number of aromatic nitrogens is 3. The van der Waals surface area contributed by atoms with Crippen LogP contribution < -0.4 is 4.90 Å². The number of pyridine rings is 1. The molecule has 0 saturated carbocycles. The Morgan fingerprint density at radius 3 is 2.55 bits per heavy atom. The summed E-state index contributed by atoms with van der Waals surface area (Å²) in [6, 6.07) is 19.1. The van der Waals surface area contributed by atoms with Crippen molar-refractivity contribution in [3.05, 3.63) is 102 Å². The van der Waals surface area contributed by atoms with E-state index in [1.54, 1.807) is 23.6 Å². The third-order valence-electron chi connectivity index (χ3n) is 4.58. The molecule has 0 atom stereocenters. The average Bonchev–Trinajstić information content (AvgIpc) is 3.28. The lowest BCUT2D eigenvalue weighted by atomic mass is 10.1. The summed E-state index contributed by atoms with van der Waals surface area (Å²) in [5.74, 6) is -0.00880. The van der Waals surface area contributed by atoms with Crippen molar-refractivity contribution in [2.45, 2.75) is 13.0 Å². The van der Waals surface area contributed by atoms with Gasteiger partial charge in [-0.2, -0.15) is 0 Å². The summed E-state index contributed by atoms with van der Waals surface area (Å²) in [7, 11) is 0. The molecule has 4 rings (SSSR count). The third-order valence-corrected chi connectivity index (χ3v) is 4.82. The highest BCUT2D eigenvalue weighted by Gasteiger charge is 2.17. The zero-order valence-corrected chi connectivity index (χ0v) is 16.4. The van der Waals surface area contributed by atoms with Crippen LogP contribution >= 0.6 is 11.6 Å². The molecule has 0 bridgehead atoms. The maximum absolute atomic E-state index is 13.2. The highest BCUT2D eigenvalue weighted by molar-refractivity contribution is 6.30. The number of benzene rings is 2. The van der Waals surface area contributed by atoms with E-state index in [4.69, 9.17) is 11.6 Å². The molecule has 2 aromatic carbocycles. The van der Waals surface area contributed by atoms with Crippen molar-refractivity contribution in [1.29, 1.82) is 0 Å². The number of anilines is 1. The van der Waals surface area contributed by atoms with Gasteiger partial charge < -0.3 is 9.88 Å². The zero-order valence-electron chi connectivity index (χ0n) is 15.6. The van der Waals surface area contributed by atoms with Crippen LogP contribution in [0.25, 0.3) is 11.3 Å². The standard InChI is InChI=1S/C23H19ClN4O/c24-20-5-1-3-18(11-20)15-28(23(29)12-17-4-2-10-25-13-17)21-8-6-19(7-9-21)22-14-26-16-27-22/h1-11,13-14,16H,12,15H2,(H,26,27). The fourth-order valence-corrected chi connectivity index (χ4v) is 3.36. The Balaban J connectivity index is 1.62. The van der Waals surface area contributed by atoms with Gasteiger partial charge in [-0.1, -0.05) is 41.9 Å². The first kappa shape index (κ1) is 18.9. The molecule has 0 radical (unpaired) electrons. The Morgan fingerprint density at radius 1 is 1.03 bits per heavy atom. The minimum absolute atomic E-state index is 0.00880. The minimum Gasteiger partial charge on any atom is -0.351 e. The summed E-state index contributed by atoms with van der Waals surface area (Å²) >= 11 is 6.14. The second kappa shape index (κ2) is 8.71. The van der Waals surface area contributed by atoms with Gasteiger partial charge in [0.15, 0.2) is 0 Å². The molecule has 0 aliphatic carbocycles. The molecule has 2 heterocycles. The highest BCUT2D eigenvalue weighted by atomic mass is 35.5. The van der Waals surface area contributed by atoms with E-state index in [0.29, 0.717) is 11.6 Å². The summed E-state index contributed by atoms with van der Waals surface area (Å²) in [6.07, 6.45) is 7.18. The second-order valence-electron chi connectivity index (χ2n) is 6.65. The van der Waals surface area contributed by atoms with Crippen LogP contribution in [0.4, 0.5) is 5.69 Å². The fourth-order valence-electron chi connectivity index (χ4n) is 3.14. The Bertz CT molecular complexity index is 1080. The van der Waals surface area contributed by atoms with Crippen LogP contribution in [0.3, 0.4) is 0 Å². The molecule has 0 aliphatic rings. The van der Waals surface area contributed by atoms with Crippen molar-refractivity contribution in [3.63, 3.8) is 0 Å². The summed E-state index contributed by atoms with van der Waals surface area (Å²) in [5.41, 5.74) is 4.50. The van der Waals surface area contributed by atoms with E-state index in [9.17, 15) is 4.79 Å². The molecule has 144 valence electrons. The number of halogens is 1. The summed E-state index contributed by atoms with van der Waals surface area (Å²) in [6.45, 7) is 0.432. The quantitative estimate of drug-likeness (QED) is 0.499. The second-order valence-corrected chi connectivity index (χ2v) is 7.09. The number of H-pyrrole nitrogens is 1. The van der Waals surface area contributed by atoms with Crippen LogP contribution in [0.1, 0.15) is 11.1 Å². The van der Waals surface area contributed by atoms with E-state index in [1.165, 1.54) is 0 Å². The number of imidazole rings is 1. The summed E-state index contributed by atoms with van der Waals surface area (Å²) in [5, 5.41) is 0.649. The molecule has 0 fully saturated rings. The Hall–Kier alpha value is -3.44. The van der Waals surface area contributed by atoms with Gasteiger partial charge >= 0.3 is 0 Å². The number of aromatic amines is 1. The van der Waals surface area contributed by atoms with Crippen LogP contribution in [0.5, 0.6) is 0 Å². The first-order chi connectivity index (χ1) is 14.2. The van der Waals surface area contributed by atoms with E-state index in [0.717, 1.165) is 28.1 Å². The van der Waals surface area contributed by atoms with Gasteiger partial charge in [-0.25, -0.2) is 4.98 Å². The van der Waals surface area contributed by atoms with Crippen molar-refractivity contribution in [2.75, 3.05) is 4.90 Å². The molecule has 6 heteroatoms. The van der Waals surface area contributed by atoms with Gasteiger partial charge in [-0.05, 0) is 41.5 Å². The van der Waals surface area contributed by atoms with Crippen LogP contribution in [-0.4, -0.2) is 20.9 Å². The fraction of sp³-hybridized carbons (Fsp3) is 0.0870. The van der Waals surface area contributed by atoms with Gasteiger partial charge in [-0.15, -0.1) is 0 Å². The normalized spacial score (nSPS) is 10.7. The van der Waals surface area contributed by atoms with Crippen LogP contribution in [0.15, 0.2) is 85.6 Å². The van der Waals surface area contributed by atoms with E-state index < -0.39 is 0 Å². The van der Waals surface area contributed by atoms with Crippen LogP contribution in [0, 0.1) is 0 Å². The molecular weight excluding hydrogens is 384 g/mol. The third kappa shape index (κ3) is 4.70. The predicted molar refractivity (Wildman–Crippen MR) is 115 cm³/mol. The first-order valence-corrected chi connectivity index (χ1v) is 9.60. The van der Waals surface area contributed by atoms with Crippen molar-refractivity contribution in [2.24, 2.45) is 0 Å². The molecule has 0 saturated heterocycles. The number of carbonyl (C=O) groups is 1. The van der Waals surface area contributed by atoms with Crippen LogP contribution in [0.2, 0.25) is 5.02 Å². The predicted octanol–water partition coefficient (Wildman–Crippen LogP) is 4.90. The van der Waals surface area contributed by atoms with Crippen molar-refractivity contribution in [1.82, 2.24) is 15.0 Å². The smallest absolute Gasteiger partial charge is 0.231 e. The van der Waals surface area contributed by atoms with E-state index >= 15 is 0 Å². The van der Waals surface area contributed by atoms with Crippen LogP contribution in [-0.2, 0) is 17.8 Å². The average molecular weight is 403 g/mol. The van der Waals surface area contributed by atoms with E-state index in [1.807, 2.05) is 66.9 Å². The minimum atomic E-state index is -0.00880. The van der Waals surface area contributed by atoms with Crippen molar-refractivity contribution < 1.29 is 4.79 Å². The maximum Gasteiger partial charge on any atom is 0.231 e. The Morgan fingerprint density at radius 2 is 1.86 bits per heavy atom. The van der Waals surface area contributed by atoms with Gasteiger partial charge in [0, 0.05) is 34.9 Å². The zero-order chi connectivity index (χ0) is 20.1. The number of carbonyl (C=O) groups excluding carboxylic acids is 1. The number of rotatable bonds is 6. The molecule has 1 N–H and O–H groups in total. The Kier molecular flexibility index (Phi) is 5.68. The lowest BCUT2D eigenvalue weighted by Crippen LogP contribution is -2.31. The molecule has 5 nitrogen and oxygen atoms in total. The van der Waals surface area contributed by atoms with E-state index in [2.05, 4.69) is 15.0 Å². The summed E-state index contributed by atoms with van der Waals surface area (Å²) in [4.78, 5) is 26.3. The maximum atomic E-state index is 13.2. The molecule has 2 aromatic heterocycles. The number of nitrogens with one attached hydrogen (secondary N) is 1. The highest BCUT2D eigenvalue weighted by Crippen LogP contribution is 2.24. The van der Waals surface area contributed by atoms with Gasteiger partial charge in [-0.3, -0.25) is 9.78 Å². The van der Waals surface area contributed by atoms with Gasteiger partial charge in [0.2, 0.25) is 5.91 Å². The van der Waals surface area contributed by atoms with Gasteiger partial charge in [0.25, 0.3) is 0 Å². The number of hydrogen-bond acceptors (Lipinski definition) is 3.